The Hall–Kier alpha value is -1.36. The maximum Gasteiger partial charge on any atom is 0.322 e. The number of carboxylic acid groups (broad SMARTS) is 1. The van der Waals surface area contributed by atoms with Crippen molar-refractivity contribution in [1.82, 2.24) is 0 Å². The van der Waals surface area contributed by atoms with Gasteiger partial charge in [-0.15, -0.1) is 0 Å². The molecule has 0 saturated heterocycles. The molecule has 0 saturated carbocycles. The van der Waals surface area contributed by atoms with Crippen molar-refractivity contribution in [2.45, 2.75) is 87.7 Å². The molecule has 0 spiro atoms. The molecule has 4 nitrogen and oxygen atoms in total. The second-order valence-corrected chi connectivity index (χ2v) is 8.79. The molecule has 0 aliphatic rings. The molecule has 0 amide bonds. The number of hydrogen-bond acceptors (Lipinski definition) is 3. The Morgan fingerprint density at radius 2 is 1.36 bits per heavy atom. The molecule has 0 aliphatic heterocycles. The Bertz CT molecular complexity index is 581. The highest BCUT2D eigenvalue weighted by Crippen LogP contribution is 2.21. The largest absolute Gasteiger partial charge is 0.480 e. The van der Waals surface area contributed by atoms with E-state index in [1.165, 1.54) is 50.7 Å². The van der Waals surface area contributed by atoms with Gasteiger partial charge in [0, 0.05) is 0 Å². The van der Waals surface area contributed by atoms with E-state index in [2.05, 4.69) is 6.92 Å². The summed E-state index contributed by atoms with van der Waals surface area (Å²) < 4.78 is 25.0. The van der Waals surface area contributed by atoms with Crippen molar-refractivity contribution in [2.24, 2.45) is 0 Å². The number of hydrogen-bond donors (Lipinski definition) is 1. The van der Waals surface area contributed by atoms with Crippen molar-refractivity contribution < 1.29 is 18.3 Å². The third-order valence-electron chi connectivity index (χ3n) is 4.54. The highest BCUT2D eigenvalue weighted by molar-refractivity contribution is 7.92. The molecule has 1 N–H and O–H groups in total. The molecule has 142 valence electrons. The number of rotatable bonds is 14. The van der Waals surface area contributed by atoms with Crippen LogP contribution in [0.1, 0.15) is 77.6 Å². The first-order valence-electron chi connectivity index (χ1n) is 9.52. The summed E-state index contributed by atoms with van der Waals surface area (Å²) in [5.41, 5.74) is 0. The summed E-state index contributed by atoms with van der Waals surface area (Å²) in [6.45, 7) is 2.21. The van der Waals surface area contributed by atoms with Crippen molar-refractivity contribution in [3.05, 3.63) is 30.3 Å². The van der Waals surface area contributed by atoms with Crippen LogP contribution in [0.4, 0.5) is 0 Å². The molecular weight excluding hydrogens is 336 g/mol. The fraction of sp³-hybridized carbons (Fsp3) is 0.650. The lowest BCUT2D eigenvalue weighted by Crippen LogP contribution is -2.30. The van der Waals surface area contributed by atoms with Crippen LogP contribution in [0.5, 0.6) is 0 Å². The molecule has 5 heteroatoms. The van der Waals surface area contributed by atoms with E-state index in [1.54, 1.807) is 18.2 Å². The van der Waals surface area contributed by atoms with E-state index in [1.807, 2.05) is 0 Å². The Balaban J connectivity index is 2.32. The molecule has 0 heterocycles. The van der Waals surface area contributed by atoms with Gasteiger partial charge in [0.2, 0.25) is 0 Å². The third-order valence-corrected chi connectivity index (χ3v) is 6.66. The molecule has 0 aliphatic carbocycles. The number of carbonyl (C=O) groups is 1. The lowest BCUT2D eigenvalue weighted by molar-refractivity contribution is -0.136. The summed E-state index contributed by atoms with van der Waals surface area (Å²) >= 11 is 0. The third kappa shape index (κ3) is 8.04. The van der Waals surface area contributed by atoms with Crippen molar-refractivity contribution in [3.63, 3.8) is 0 Å². The van der Waals surface area contributed by atoms with E-state index in [9.17, 15) is 18.3 Å². The summed E-state index contributed by atoms with van der Waals surface area (Å²) in [6.07, 6.45) is 11.6. The first-order valence-corrected chi connectivity index (χ1v) is 11.1. The second kappa shape index (κ2) is 12.1. The van der Waals surface area contributed by atoms with E-state index in [-0.39, 0.29) is 11.3 Å². The predicted octanol–water partition coefficient (Wildman–Crippen LogP) is 5.22. The number of carboxylic acids is 1. The minimum Gasteiger partial charge on any atom is -0.480 e. The quantitative estimate of drug-likeness (QED) is 0.457. The maximum atomic E-state index is 12.5. The van der Waals surface area contributed by atoms with E-state index in [4.69, 9.17) is 0 Å². The fourth-order valence-corrected chi connectivity index (χ4v) is 4.61. The zero-order chi connectivity index (χ0) is 18.5. The standard InChI is InChI=1S/C20H32O4S/c1-2-3-4-5-6-7-8-9-10-14-17-19(20(21)22)25(23,24)18-15-12-11-13-16-18/h11-13,15-16,19H,2-10,14,17H2,1H3,(H,21,22). The minimum absolute atomic E-state index is 0.0921. The summed E-state index contributed by atoms with van der Waals surface area (Å²) in [7, 11) is -3.81. The summed E-state index contributed by atoms with van der Waals surface area (Å²) in [4.78, 5) is 11.5. The van der Waals surface area contributed by atoms with Gasteiger partial charge in [-0.3, -0.25) is 4.79 Å². The fourth-order valence-electron chi connectivity index (χ4n) is 3.00. The summed E-state index contributed by atoms with van der Waals surface area (Å²) in [6, 6.07) is 7.88. The molecule has 1 atom stereocenters. The monoisotopic (exact) mass is 368 g/mol. The summed E-state index contributed by atoms with van der Waals surface area (Å²) in [5, 5.41) is 7.99. The van der Waals surface area contributed by atoms with Crippen molar-refractivity contribution in [1.29, 1.82) is 0 Å². The van der Waals surface area contributed by atoms with Gasteiger partial charge in [-0.2, -0.15) is 0 Å². The topological polar surface area (TPSA) is 71.4 Å². The van der Waals surface area contributed by atoms with Gasteiger partial charge in [0.05, 0.1) is 4.90 Å². The van der Waals surface area contributed by atoms with Gasteiger partial charge in [-0.1, -0.05) is 89.3 Å². The molecule has 1 aromatic carbocycles. The first-order chi connectivity index (χ1) is 12.0. The van der Waals surface area contributed by atoms with Gasteiger partial charge in [-0.25, -0.2) is 8.42 Å². The number of unbranched alkanes of at least 4 members (excludes halogenated alkanes) is 9. The van der Waals surface area contributed by atoms with Crippen LogP contribution in [0.25, 0.3) is 0 Å². The van der Waals surface area contributed by atoms with E-state index < -0.39 is 21.1 Å². The highest BCUT2D eigenvalue weighted by atomic mass is 32.2. The molecule has 0 bridgehead atoms. The zero-order valence-electron chi connectivity index (χ0n) is 15.3. The smallest absolute Gasteiger partial charge is 0.322 e. The Labute approximate surface area is 152 Å². The predicted molar refractivity (Wildman–Crippen MR) is 102 cm³/mol. The molecule has 25 heavy (non-hydrogen) atoms. The molecule has 0 fully saturated rings. The maximum absolute atomic E-state index is 12.5. The molecular formula is C20H32O4S. The average Bonchev–Trinajstić information content (AvgIpc) is 2.60. The van der Waals surface area contributed by atoms with E-state index in [0.29, 0.717) is 6.42 Å². The molecule has 1 rings (SSSR count). The van der Waals surface area contributed by atoms with Gasteiger partial charge in [-0.05, 0) is 18.6 Å². The van der Waals surface area contributed by atoms with Crippen LogP contribution in [0.2, 0.25) is 0 Å². The van der Waals surface area contributed by atoms with Gasteiger partial charge < -0.3 is 5.11 Å². The van der Waals surface area contributed by atoms with Gasteiger partial charge >= 0.3 is 5.97 Å². The zero-order valence-corrected chi connectivity index (χ0v) is 16.1. The Morgan fingerprint density at radius 3 is 1.84 bits per heavy atom. The van der Waals surface area contributed by atoms with Crippen LogP contribution in [-0.2, 0) is 14.6 Å². The second-order valence-electron chi connectivity index (χ2n) is 6.66. The molecule has 1 aromatic rings. The van der Waals surface area contributed by atoms with Gasteiger partial charge in [0.1, 0.15) is 0 Å². The van der Waals surface area contributed by atoms with Crippen molar-refractivity contribution in [2.75, 3.05) is 0 Å². The normalized spacial score (nSPS) is 12.8. The number of benzene rings is 1. The van der Waals surface area contributed by atoms with Crippen LogP contribution in [0.15, 0.2) is 35.2 Å². The van der Waals surface area contributed by atoms with Crippen LogP contribution in [-0.4, -0.2) is 24.7 Å². The minimum atomic E-state index is -3.81. The highest BCUT2D eigenvalue weighted by Gasteiger charge is 2.33. The van der Waals surface area contributed by atoms with Crippen molar-refractivity contribution in [3.8, 4) is 0 Å². The van der Waals surface area contributed by atoms with Crippen LogP contribution < -0.4 is 0 Å². The Kier molecular flexibility index (Phi) is 10.5. The average molecular weight is 369 g/mol. The van der Waals surface area contributed by atoms with Crippen LogP contribution in [0, 0.1) is 0 Å². The summed E-state index contributed by atoms with van der Waals surface area (Å²) in [5.74, 6) is -1.25. The number of sulfone groups is 1. The SMILES string of the molecule is CCCCCCCCCCCCC(C(=O)O)S(=O)(=O)c1ccccc1. The van der Waals surface area contributed by atoms with E-state index >= 15 is 0 Å². The van der Waals surface area contributed by atoms with E-state index in [0.717, 1.165) is 19.3 Å². The van der Waals surface area contributed by atoms with Crippen molar-refractivity contribution >= 4 is 15.8 Å². The first kappa shape index (κ1) is 21.7. The lowest BCUT2D eigenvalue weighted by Gasteiger charge is -2.13. The van der Waals surface area contributed by atoms with Gasteiger partial charge in [0.15, 0.2) is 15.1 Å². The molecule has 0 aromatic heterocycles. The Morgan fingerprint density at radius 1 is 0.880 bits per heavy atom. The molecule has 0 radical (unpaired) electrons. The van der Waals surface area contributed by atoms with Crippen LogP contribution in [0.3, 0.4) is 0 Å². The lowest BCUT2D eigenvalue weighted by atomic mass is 10.1. The van der Waals surface area contributed by atoms with Gasteiger partial charge in [0.25, 0.3) is 0 Å². The van der Waals surface area contributed by atoms with Crippen LogP contribution >= 0.6 is 0 Å². The number of aliphatic carboxylic acids is 1. The molecule has 1 unspecified atom stereocenters.